The number of amides is 1. The van der Waals surface area contributed by atoms with Crippen molar-refractivity contribution < 1.29 is 4.79 Å². The molecule has 4 nitrogen and oxygen atoms in total. The molecule has 0 radical (unpaired) electrons. The van der Waals surface area contributed by atoms with E-state index >= 15 is 0 Å². The summed E-state index contributed by atoms with van der Waals surface area (Å²) in [6, 6.07) is 0. The molecular formula is C12H21N3O. The molecule has 0 bridgehead atoms. The van der Waals surface area contributed by atoms with Gasteiger partial charge < -0.3 is 15.5 Å². The van der Waals surface area contributed by atoms with Crippen LogP contribution in [0.3, 0.4) is 0 Å². The second-order valence-corrected chi connectivity index (χ2v) is 3.87. The van der Waals surface area contributed by atoms with Gasteiger partial charge in [-0.25, -0.2) is 0 Å². The predicted molar refractivity (Wildman–Crippen MR) is 65.5 cm³/mol. The van der Waals surface area contributed by atoms with Crippen molar-refractivity contribution in [2.45, 2.75) is 20.3 Å². The van der Waals surface area contributed by atoms with Crippen LogP contribution in [0, 0.1) is 0 Å². The Hall–Kier alpha value is -1.29. The average molecular weight is 223 g/mol. The van der Waals surface area contributed by atoms with Gasteiger partial charge in [0.15, 0.2) is 0 Å². The molecule has 0 saturated carbocycles. The largest absolute Gasteiger partial charge is 0.366 e. The zero-order valence-corrected chi connectivity index (χ0v) is 10.1. The number of likely N-dealkylation sites (N-methyl/N-ethyl adjacent to an activating group) is 1. The molecular weight excluding hydrogens is 202 g/mol. The fraction of sp³-hybridized carbons (Fsp3) is 0.583. The van der Waals surface area contributed by atoms with Crippen molar-refractivity contribution in [2.24, 2.45) is 5.73 Å². The lowest BCUT2D eigenvalue weighted by Crippen LogP contribution is -2.32. The molecule has 1 heterocycles. The molecule has 0 spiro atoms. The van der Waals surface area contributed by atoms with Crippen molar-refractivity contribution in [1.29, 1.82) is 0 Å². The fourth-order valence-electron chi connectivity index (χ4n) is 1.71. The van der Waals surface area contributed by atoms with Crippen molar-refractivity contribution >= 4 is 5.91 Å². The summed E-state index contributed by atoms with van der Waals surface area (Å²) in [5, 5.41) is 0. The second-order valence-electron chi connectivity index (χ2n) is 3.87. The summed E-state index contributed by atoms with van der Waals surface area (Å²) in [5.74, 6) is -0.322. The van der Waals surface area contributed by atoms with E-state index in [9.17, 15) is 4.79 Å². The Morgan fingerprint density at radius 1 is 1.50 bits per heavy atom. The Bertz CT molecular complexity index is 293. The molecule has 0 unspecified atom stereocenters. The van der Waals surface area contributed by atoms with Crippen molar-refractivity contribution in [3.8, 4) is 0 Å². The normalized spacial score (nSPS) is 15.4. The van der Waals surface area contributed by atoms with Gasteiger partial charge in [0.05, 0.1) is 0 Å². The molecule has 1 aliphatic heterocycles. The lowest BCUT2D eigenvalue weighted by atomic mass is 10.1. The predicted octanol–water partition coefficient (Wildman–Crippen LogP) is 0.917. The van der Waals surface area contributed by atoms with Gasteiger partial charge in [-0.05, 0) is 25.7 Å². The van der Waals surface area contributed by atoms with Crippen LogP contribution in [-0.2, 0) is 4.79 Å². The molecule has 0 fully saturated rings. The molecule has 1 amide bonds. The maximum atomic E-state index is 11.0. The van der Waals surface area contributed by atoms with Gasteiger partial charge in [0.25, 0.3) is 0 Å². The van der Waals surface area contributed by atoms with Crippen molar-refractivity contribution in [1.82, 2.24) is 9.80 Å². The average Bonchev–Trinajstić information content (AvgIpc) is 2.31. The topological polar surface area (TPSA) is 49.6 Å². The Kier molecular flexibility index (Phi) is 5.05. The van der Waals surface area contributed by atoms with Crippen LogP contribution in [0.4, 0.5) is 0 Å². The number of nitrogens with zero attached hydrogens (tertiary/aromatic N) is 2. The van der Waals surface area contributed by atoms with Crippen molar-refractivity contribution in [2.75, 3.05) is 26.2 Å². The minimum atomic E-state index is -0.322. The number of primary amides is 1. The number of nitrogens with two attached hydrogens (primary N) is 1. The quantitative estimate of drug-likeness (QED) is 0.728. The van der Waals surface area contributed by atoms with E-state index in [4.69, 9.17) is 5.73 Å². The lowest BCUT2D eigenvalue weighted by Gasteiger charge is -2.24. The second kappa shape index (κ2) is 6.33. The van der Waals surface area contributed by atoms with Crippen molar-refractivity contribution in [3.63, 3.8) is 0 Å². The van der Waals surface area contributed by atoms with Gasteiger partial charge in [0, 0.05) is 24.9 Å². The van der Waals surface area contributed by atoms with Gasteiger partial charge in [-0.3, -0.25) is 4.79 Å². The monoisotopic (exact) mass is 223 g/mol. The minimum Gasteiger partial charge on any atom is -0.366 e. The minimum absolute atomic E-state index is 0.322. The van der Waals surface area contributed by atoms with E-state index in [1.54, 1.807) is 0 Å². The summed E-state index contributed by atoms with van der Waals surface area (Å²) >= 11 is 0. The zero-order valence-electron chi connectivity index (χ0n) is 10.1. The molecule has 16 heavy (non-hydrogen) atoms. The van der Waals surface area contributed by atoms with E-state index < -0.39 is 0 Å². The number of allylic oxidation sites excluding steroid dienone is 1. The van der Waals surface area contributed by atoms with Gasteiger partial charge in [0.1, 0.15) is 0 Å². The van der Waals surface area contributed by atoms with Crippen LogP contribution < -0.4 is 5.73 Å². The smallest absolute Gasteiger partial charge is 0.246 e. The molecule has 0 saturated heterocycles. The van der Waals surface area contributed by atoms with Crippen LogP contribution in [0.1, 0.15) is 20.3 Å². The van der Waals surface area contributed by atoms with Gasteiger partial charge >= 0.3 is 0 Å². The first-order valence-corrected chi connectivity index (χ1v) is 5.82. The Balaban J connectivity index is 2.45. The molecule has 1 rings (SSSR count). The van der Waals surface area contributed by atoms with Crippen LogP contribution in [0.2, 0.25) is 0 Å². The molecule has 90 valence electrons. The highest BCUT2D eigenvalue weighted by molar-refractivity contribution is 5.92. The molecule has 0 aromatic rings. The summed E-state index contributed by atoms with van der Waals surface area (Å²) < 4.78 is 0. The van der Waals surface area contributed by atoms with Crippen molar-refractivity contribution in [3.05, 3.63) is 24.0 Å². The van der Waals surface area contributed by atoms with E-state index in [0.29, 0.717) is 12.0 Å². The van der Waals surface area contributed by atoms with Crippen LogP contribution in [-0.4, -0.2) is 41.9 Å². The molecule has 2 N–H and O–H groups in total. The molecule has 1 aliphatic rings. The first-order chi connectivity index (χ1) is 7.67. The van der Waals surface area contributed by atoms with Crippen LogP contribution in [0.5, 0.6) is 0 Å². The number of hydrogen-bond acceptors (Lipinski definition) is 3. The summed E-state index contributed by atoms with van der Waals surface area (Å²) in [4.78, 5) is 15.4. The van der Waals surface area contributed by atoms with Gasteiger partial charge in [-0.1, -0.05) is 19.9 Å². The number of carbonyl (C=O) groups excluding carboxylic acids is 1. The van der Waals surface area contributed by atoms with Gasteiger partial charge in [0.2, 0.25) is 5.91 Å². The van der Waals surface area contributed by atoms with Gasteiger partial charge in [-0.2, -0.15) is 0 Å². The standard InChI is InChI=1S/C12H21N3O/c1-3-14(4-2)8-9-15-7-5-6-11(10-15)12(13)16/h5,7,10H,3-4,6,8-9H2,1-2H3,(H2,13,16). The fourth-order valence-corrected chi connectivity index (χ4v) is 1.71. The number of carbonyl (C=O) groups is 1. The molecule has 4 heteroatoms. The first kappa shape index (κ1) is 12.8. The third-order valence-corrected chi connectivity index (χ3v) is 2.84. The molecule has 0 atom stereocenters. The zero-order chi connectivity index (χ0) is 12.0. The Morgan fingerprint density at radius 2 is 2.19 bits per heavy atom. The van der Waals surface area contributed by atoms with Gasteiger partial charge in [-0.15, -0.1) is 0 Å². The summed E-state index contributed by atoms with van der Waals surface area (Å²) in [6.45, 7) is 8.32. The van der Waals surface area contributed by atoms with E-state index in [0.717, 1.165) is 26.2 Å². The highest BCUT2D eigenvalue weighted by Crippen LogP contribution is 2.11. The Morgan fingerprint density at radius 3 is 2.75 bits per heavy atom. The van der Waals surface area contributed by atoms with Crippen LogP contribution in [0.25, 0.3) is 0 Å². The first-order valence-electron chi connectivity index (χ1n) is 5.82. The molecule has 0 aliphatic carbocycles. The van der Waals surface area contributed by atoms with E-state index in [-0.39, 0.29) is 5.91 Å². The summed E-state index contributed by atoms with van der Waals surface area (Å²) in [7, 11) is 0. The van der Waals surface area contributed by atoms with E-state index in [1.165, 1.54) is 0 Å². The SMILES string of the molecule is CCN(CC)CCN1C=CCC(C(N)=O)=C1. The summed E-state index contributed by atoms with van der Waals surface area (Å²) in [6.07, 6.45) is 6.49. The van der Waals surface area contributed by atoms with Crippen LogP contribution in [0.15, 0.2) is 24.0 Å². The van der Waals surface area contributed by atoms with Crippen LogP contribution >= 0.6 is 0 Å². The number of hydrogen-bond donors (Lipinski definition) is 1. The highest BCUT2D eigenvalue weighted by Gasteiger charge is 2.10. The highest BCUT2D eigenvalue weighted by atomic mass is 16.1. The third kappa shape index (κ3) is 3.70. The Labute approximate surface area is 97.4 Å². The summed E-state index contributed by atoms with van der Waals surface area (Å²) in [5.41, 5.74) is 5.94. The lowest BCUT2D eigenvalue weighted by molar-refractivity contribution is -0.114. The molecule has 0 aromatic carbocycles. The third-order valence-electron chi connectivity index (χ3n) is 2.84. The number of rotatable bonds is 6. The van der Waals surface area contributed by atoms with E-state index in [1.807, 2.05) is 23.4 Å². The maximum absolute atomic E-state index is 11.0. The maximum Gasteiger partial charge on any atom is 0.246 e. The molecule has 0 aromatic heterocycles. The van der Waals surface area contributed by atoms with E-state index in [2.05, 4.69) is 18.7 Å².